The summed E-state index contributed by atoms with van der Waals surface area (Å²) in [4.78, 5) is 32.3. The fourth-order valence-corrected chi connectivity index (χ4v) is 6.39. The lowest BCUT2D eigenvalue weighted by atomic mass is 10.1. The quantitative estimate of drug-likeness (QED) is 0.436. The Kier molecular flexibility index (Phi) is 5.60. The number of aromatic nitrogens is 2. The number of carbonyl (C=O) groups is 1. The summed E-state index contributed by atoms with van der Waals surface area (Å²) in [6.07, 6.45) is 6.60. The minimum atomic E-state index is -0.332. The predicted molar refractivity (Wildman–Crippen MR) is 128 cm³/mol. The van der Waals surface area contributed by atoms with Crippen molar-refractivity contribution in [3.63, 3.8) is 0 Å². The number of fused-ring (bicyclic) bond motifs is 2. The molecule has 1 aliphatic rings. The minimum absolute atomic E-state index is 0.145. The third-order valence-electron chi connectivity index (χ3n) is 5.66. The van der Waals surface area contributed by atoms with E-state index < -0.39 is 0 Å². The highest BCUT2D eigenvalue weighted by molar-refractivity contribution is 7.22. The summed E-state index contributed by atoms with van der Waals surface area (Å²) in [5, 5.41) is 13.1. The Hall–Kier alpha value is -3.28. The summed E-state index contributed by atoms with van der Waals surface area (Å²) in [7, 11) is 0. The summed E-state index contributed by atoms with van der Waals surface area (Å²) in [5.74, 6) is -0.332. The number of amides is 1. The molecule has 1 aromatic carbocycles. The van der Waals surface area contributed by atoms with Crippen molar-refractivity contribution >= 4 is 43.8 Å². The van der Waals surface area contributed by atoms with E-state index in [0.717, 1.165) is 41.7 Å². The van der Waals surface area contributed by atoms with E-state index in [1.807, 2.05) is 36.4 Å². The normalized spacial score (nSPS) is 13.3. The Morgan fingerprint density at radius 1 is 1.16 bits per heavy atom. The molecule has 0 fully saturated rings. The molecule has 0 saturated heterocycles. The van der Waals surface area contributed by atoms with Crippen LogP contribution < -0.4 is 10.9 Å². The molecular weight excluding hydrogens is 440 g/mol. The van der Waals surface area contributed by atoms with Crippen molar-refractivity contribution in [3.8, 4) is 16.5 Å². The molecule has 0 aliphatic heterocycles. The van der Waals surface area contributed by atoms with Gasteiger partial charge >= 0.3 is 0 Å². The summed E-state index contributed by atoms with van der Waals surface area (Å²) >= 11 is 2.87. The maximum atomic E-state index is 13.0. The van der Waals surface area contributed by atoms with Crippen molar-refractivity contribution in [2.24, 2.45) is 0 Å². The Labute approximate surface area is 192 Å². The first kappa shape index (κ1) is 20.6. The summed E-state index contributed by atoms with van der Waals surface area (Å²) < 4.78 is 1.85. The molecule has 0 spiro atoms. The third-order valence-corrected chi connectivity index (χ3v) is 8.03. The lowest BCUT2D eigenvalue weighted by Gasteiger charge is -2.06. The Bertz CT molecular complexity index is 1410. The average Bonchev–Trinajstić information content (AvgIpc) is 3.30. The molecule has 1 amide bonds. The van der Waals surface area contributed by atoms with Crippen molar-refractivity contribution in [3.05, 3.63) is 69.1 Å². The summed E-state index contributed by atoms with van der Waals surface area (Å²) in [6, 6.07) is 14.0. The highest BCUT2D eigenvalue weighted by Gasteiger charge is 2.21. The van der Waals surface area contributed by atoms with E-state index in [1.54, 1.807) is 0 Å². The monoisotopic (exact) mass is 460 g/mol. The lowest BCUT2D eigenvalue weighted by Crippen LogP contribution is -2.27. The number of anilines is 1. The number of benzene rings is 1. The Balaban J connectivity index is 1.39. The van der Waals surface area contributed by atoms with Crippen molar-refractivity contribution in [2.75, 3.05) is 5.32 Å². The highest BCUT2D eigenvalue weighted by atomic mass is 32.1. The second-order valence-electron chi connectivity index (χ2n) is 7.80. The molecule has 4 aromatic rings. The molecule has 0 unspecified atom stereocenters. The van der Waals surface area contributed by atoms with Crippen LogP contribution in [0, 0.1) is 11.3 Å². The molecule has 8 heteroatoms. The zero-order valence-electron chi connectivity index (χ0n) is 17.3. The number of nitriles is 1. The first-order chi connectivity index (χ1) is 15.6. The van der Waals surface area contributed by atoms with Gasteiger partial charge in [0, 0.05) is 9.75 Å². The highest BCUT2D eigenvalue weighted by Crippen LogP contribution is 2.37. The fourth-order valence-electron chi connectivity index (χ4n) is 4.07. The van der Waals surface area contributed by atoms with E-state index in [2.05, 4.69) is 16.4 Å². The number of rotatable bonds is 4. The van der Waals surface area contributed by atoms with E-state index in [-0.39, 0.29) is 18.0 Å². The summed E-state index contributed by atoms with van der Waals surface area (Å²) in [6.45, 7) is -0.145. The molecule has 1 N–H and O–H groups in total. The number of hydrogen-bond acceptors (Lipinski definition) is 6. The van der Waals surface area contributed by atoms with Crippen LogP contribution in [-0.2, 0) is 24.2 Å². The first-order valence-electron chi connectivity index (χ1n) is 10.5. The van der Waals surface area contributed by atoms with Gasteiger partial charge in [-0.05, 0) is 42.9 Å². The largest absolute Gasteiger partial charge is 0.315 e. The SMILES string of the molecule is N#Cc1c(NC(=O)Cn2cnc3cc(-c4ccccc4)sc3c2=O)sc2c1CCCCC2. The predicted octanol–water partition coefficient (Wildman–Crippen LogP) is 4.97. The Morgan fingerprint density at radius 3 is 2.78 bits per heavy atom. The molecule has 0 radical (unpaired) electrons. The van der Waals surface area contributed by atoms with Gasteiger partial charge in [0.15, 0.2) is 0 Å². The number of thiophene rings is 2. The van der Waals surface area contributed by atoms with Crippen molar-refractivity contribution < 1.29 is 4.79 Å². The molecular formula is C24H20N4O2S2. The molecule has 3 heterocycles. The van der Waals surface area contributed by atoms with Gasteiger partial charge in [0.1, 0.15) is 22.3 Å². The fraction of sp³-hybridized carbons (Fsp3) is 0.250. The maximum absolute atomic E-state index is 13.0. The first-order valence-corrected chi connectivity index (χ1v) is 12.2. The molecule has 0 atom stereocenters. The third kappa shape index (κ3) is 3.85. The van der Waals surface area contributed by atoms with Crippen LogP contribution in [0.2, 0.25) is 0 Å². The lowest BCUT2D eigenvalue weighted by molar-refractivity contribution is -0.116. The molecule has 1 aliphatic carbocycles. The zero-order valence-corrected chi connectivity index (χ0v) is 18.9. The van der Waals surface area contributed by atoms with Crippen LogP contribution >= 0.6 is 22.7 Å². The average molecular weight is 461 g/mol. The van der Waals surface area contributed by atoms with Crippen LogP contribution in [0.1, 0.15) is 35.3 Å². The molecule has 0 saturated carbocycles. The van der Waals surface area contributed by atoms with Crippen LogP contribution in [0.25, 0.3) is 20.7 Å². The smallest absolute Gasteiger partial charge is 0.271 e. The van der Waals surface area contributed by atoms with Gasteiger partial charge in [0.2, 0.25) is 5.91 Å². The van der Waals surface area contributed by atoms with Gasteiger partial charge in [0.05, 0.1) is 17.4 Å². The number of carbonyl (C=O) groups excluding carboxylic acids is 1. The van der Waals surface area contributed by atoms with Crippen molar-refractivity contribution in [2.45, 2.75) is 38.6 Å². The van der Waals surface area contributed by atoms with Crippen LogP contribution in [0.5, 0.6) is 0 Å². The standard InChI is InChI=1S/C24H20N4O2S2/c25-12-17-16-9-5-2-6-10-19(16)32-23(17)27-21(29)13-28-14-26-18-11-20(31-22(18)24(28)30)15-7-3-1-4-8-15/h1,3-4,7-8,11,14H,2,5-6,9-10,13H2,(H,27,29). The maximum Gasteiger partial charge on any atom is 0.271 e. The number of nitrogens with one attached hydrogen (secondary N) is 1. The summed E-state index contributed by atoms with van der Waals surface area (Å²) in [5.41, 5.74) is 3.08. The second kappa shape index (κ2) is 8.69. The molecule has 160 valence electrons. The zero-order chi connectivity index (χ0) is 22.1. The number of nitrogens with zero attached hydrogens (tertiary/aromatic N) is 3. The van der Waals surface area contributed by atoms with Gasteiger partial charge in [-0.1, -0.05) is 36.8 Å². The van der Waals surface area contributed by atoms with E-state index in [4.69, 9.17) is 0 Å². The van der Waals surface area contributed by atoms with Gasteiger partial charge in [-0.25, -0.2) is 4.98 Å². The van der Waals surface area contributed by atoms with E-state index >= 15 is 0 Å². The van der Waals surface area contributed by atoms with Crippen LogP contribution in [0.3, 0.4) is 0 Å². The second-order valence-corrected chi connectivity index (χ2v) is 9.95. The van der Waals surface area contributed by atoms with E-state index in [1.165, 1.54) is 44.9 Å². The van der Waals surface area contributed by atoms with Crippen LogP contribution in [0.15, 0.2) is 47.5 Å². The molecule has 3 aromatic heterocycles. The van der Waals surface area contributed by atoms with Crippen LogP contribution in [-0.4, -0.2) is 15.5 Å². The molecule has 5 rings (SSSR count). The van der Waals surface area contributed by atoms with Crippen molar-refractivity contribution in [1.29, 1.82) is 5.26 Å². The molecule has 32 heavy (non-hydrogen) atoms. The minimum Gasteiger partial charge on any atom is -0.315 e. The van der Waals surface area contributed by atoms with E-state index in [9.17, 15) is 14.9 Å². The van der Waals surface area contributed by atoms with Gasteiger partial charge < -0.3 is 5.32 Å². The van der Waals surface area contributed by atoms with E-state index in [0.29, 0.717) is 20.8 Å². The van der Waals surface area contributed by atoms with Crippen molar-refractivity contribution in [1.82, 2.24) is 9.55 Å². The van der Waals surface area contributed by atoms with Gasteiger partial charge in [-0.3, -0.25) is 14.2 Å². The van der Waals surface area contributed by atoms with Crippen LogP contribution in [0.4, 0.5) is 5.00 Å². The molecule has 0 bridgehead atoms. The number of hydrogen-bond donors (Lipinski definition) is 1. The van der Waals surface area contributed by atoms with Gasteiger partial charge in [0.25, 0.3) is 5.56 Å². The molecule has 6 nitrogen and oxygen atoms in total. The number of aryl methyl sites for hydroxylation is 1. The topological polar surface area (TPSA) is 87.8 Å². The van der Waals surface area contributed by atoms with Gasteiger partial charge in [-0.2, -0.15) is 5.26 Å². The Morgan fingerprint density at radius 2 is 1.97 bits per heavy atom. The van der Waals surface area contributed by atoms with Gasteiger partial charge in [-0.15, -0.1) is 22.7 Å².